The van der Waals surface area contributed by atoms with Gasteiger partial charge >= 0.3 is 0 Å². The van der Waals surface area contributed by atoms with Crippen molar-refractivity contribution in [3.63, 3.8) is 0 Å². The number of benzene rings is 2. The van der Waals surface area contributed by atoms with Crippen LogP contribution in [0.15, 0.2) is 53.7 Å². The molecule has 0 saturated carbocycles. The molecule has 1 atom stereocenters. The zero-order valence-corrected chi connectivity index (χ0v) is 16.0. The fourth-order valence-corrected chi connectivity index (χ4v) is 3.23. The second-order valence-corrected chi connectivity index (χ2v) is 7.16. The molecule has 8 heteroatoms. The second-order valence-electron chi connectivity index (χ2n) is 5.85. The van der Waals surface area contributed by atoms with Crippen LogP contribution in [0.1, 0.15) is 6.92 Å². The minimum atomic E-state index is -0.406. The average Bonchev–Trinajstić information content (AvgIpc) is 3.04. The number of anilines is 1. The zero-order chi connectivity index (χ0) is 19.4. The standard InChI is InChI=1S/C19H19FN4O2S/c1-12(18(25)21-15-9-7-14(20)8-10-15)27-19-23-22-17(24(19)2)13-5-4-6-16(11-13)26-3/h4-12H,1-3H3,(H,21,25)/t12-/m1/s1. The lowest BCUT2D eigenvalue weighted by atomic mass is 10.2. The Kier molecular flexibility index (Phi) is 5.75. The van der Waals surface area contributed by atoms with Crippen LogP contribution in [0.3, 0.4) is 0 Å². The molecule has 3 aromatic rings. The van der Waals surface area contributed by atoms with Crippen LogP contribution in [0.25, 0.3) is 11.4 Å². The molecule has 0 aliphatic heterocycles. The largest absolute Gasteiger partial charge is 0.497 e. The fourth-order valence-electron chi connectivity index (χ4n) is 2.42. The van der Waals surface area contributed by atoms with E-state index >= 15 is 0 Å². The summed E-state index contributed by atoms with van der Waals surface area (Å²) in [6, 6.07) is 13.2. The predicted molar refractivity (Wildman–Crippen MR) is 103 cm³/mol. The number of carbonyl (C=O) groups excluding carboxylic acids is 1. The van der Waals surface area contributed by atoms with Gasteiger partial charge in [-0.1, -0.05) is 23.9 Å². The van der Waals surface area contributed by atoms with E-state index in [0.717, 1.165) is 11.3 Å². The van der Waals surface area contributed by atoms with Crippen LogP contribution in [0.2, 0.25) is 0 Å². The highest BCUT2D eigenvalue weighted by Gasteiger charge is 2.19. The quantitative estimate of drug-likeness (QED) is 0.654. The maximum absolute atomic E-state index is 13.0. The molecule has 0 fully saturated rings. The van der Waals surface area contributed by atoms with Gasteiger partial charge in [-0.15, -0.1) is 10.2 Å². The maximum Gasteiger partial charge on any atom is 0.237 e. The van der Waals surface area contributed by atoms with Crippen molar-refractivity contribution in [3.8, 4) is 17.1 Å². The van der Waals surface area contributed by atoms with E-state index in [0.29, 0.717) is 16.7 Å². The SMILES string of the molecule is COc1cccc(-c2nnc(S[C@H](C)C(=O)Nc3ccc(F)cc3)n2C)c1. The van der Waals surface area contributed by atoms with Gasteiger partial charge in [-0.2, -0.15) is 0 Å². The Morgan fingerprint density at radius 2 is 1.96 bits per heavy atom. The summed E-state index contributed by atoms with van der Waals surface area (Å²) in [6.45, 7) is 1.78. The first kappa shape index (κ1) is 18.9. The molecule has 1 N–H and O–H groups in total. The Labute approximate surface area is 160 Å². The number of hydrogen-bond acceptors (Lipinski definition) is 5. The second kappa shape index (κ2) is 8.22. The van der Waals surface area contributed by atoms with Crippen molar-refractivity contribution < 1.29 is 13.9 Å². The van der Waals surface area contributed by atoms with Gasteiger partial charge in [0, 0.05) is 18.3 Å². The first-order valence-corrected chi connectivity index (χ1v) is 9.13. The van der Waals surface area contributed by atoms with Crippen molar-refractivity contribution in [2.75, 3.05) is 12.4 Å². The van der Waals surface area contributed by atoms with Crippen LogP contribution >= 0.6 is 11.8 Å². The van der Waals surface area contributed by atoms with Crippen molar-refractivity contribution in [3.05, 3.63) is 54.3 Å². The molecule has 6 nitrogen and oxygen atoms in total. The lowest BCUT2D eigenvalue weighted by Gasteiger charge is -2.12. The number of halogens is 1. The first-order chi connectivity index (χ1) is 13.0. The van der Waals surface area contributed by atoms with E-state index in [1.807, 2.05) is 35.9 Å². The normalized spacial score (nSPS) is 11.9. The number of methoxy groups -OCH3 is 1. The maximum atomic E-state index is 13.0. The summed E-state index contributed by atoms with van der Waals surface area (Å²) in [5, 5.41) is 11.4. The Balaban J connectivity index is 1.71. The summed E-state index contributed by atoms with van der Waals surface area (Å²) >= 11 is 1.30. The Morgan fingerprint density at radius 3 is 2.67 bits per heavy atom. The summed E-state index contributed by atoms with van der Waals surface area (Å²) in [6.07, 6.45) is 0. The average molecular weight is 386 g/mol. The van der Waals surface area contributed by atoms with Crippen LogP contribution in [-0.2, 0) is 11.8 Å². The monoisotopic (exact) mass is 386 g/mol. The Bertz CT molecular complexity index is 943. The number of ether oxygens (including phenoxy) is 1. The highest BCUT2D eigenvalue weighted by Crippen LogP contribution is 2.27. The van der Waals surface area contributed by atoms with Crippen LogP contribution in [-0.4, -0.2) is 33.0 Å². The molecule has 1 heterocycles. The summed E-state index contributed by atoms with van der Waals surface area (Å²) < 4.78 is 20.0. The molecule has 0 aliphatic rings. The van der Waals surface area contributed by atoms with E-state index < -0.39 is 5.25 Å². The molecule has 0 unspecified atom stereocenters. The van der Waals surface area contributed by atoms with Crippen molar-refractivity contribution >= 4 is 23.4 Å². The van der Waals surface area contributed by atoms with Gasteiger partial charge in [0.1, 0.15) is 11.6 Å². The van der Waals surface area contributed by atoms with Gasteiger partial charge in [-0.25, -0.2) is 4.39 Å². The third kappa shape index (κ3) is 4.46. The van der Waals surface area contributed by atoms with Gasteiger partial charge in [-0.3, -0.25) is 4.79 Å². The van der Waals surface area contributed by atoms with Gasteiger partial charge in [0.25, 0.3) is 0 Å². The highest BCUT2D eigenvalue weighted by atomic mass is 32.2. The third-order valence-electron chi connectivity index (χ3n) is 3.93. The molecule has 2 aromatic carbocycles. The number of aromatic nitrogens is 3. The van der Waals surface area contributed by atoms with Crippen molar-refractivity contribution in [2.24, 2.45) is 7.05 Å². The van der Waals surface area contributed by atoms with Gasteiger partial charge in [0.2, 0.25) is 5.91 Å². The number of amides is 1. The number of nitrogens with zero attached hydrogens (tertiary/aromatic N) is 3. The Morgan fingerprint density at radius 1 is 1.22 bits per heavy atom. The van der Waals surface area contributed by atoms with Crippen molar-refractivity contribution in [2.45, 2.75) is 17.3 Å². The minimum Gasteiger partial charge on any atom is -0.497 e. The molecule has 1 aromatic heterocycles. The molecule has 140 valence electrons. The molecular weight excluding hydrogens is 367 g/mol. The van der Waals surface area contributed by atoms with Crippen LogP contribution < -0.4 is 10.1 Å². The van der Waals surface area contributed by atoms with Crippen molar-refractivity contribution in [1.82, 2.24) is 14.8 Å². The molecule has 1 amide bonds. The zero-order valence-electron chi connectivity index (χ0n) is 15.1. The van der Waals surface area contributed by atoms with E-state index in [1.165, 1.54) is 36.0 Å². The summed E-state index contributed by atoms with van der Waals surface area (Å²) in [7, 11) is 3.46. The smallest absolute Gasteiger partial charge is 0.237 e. The molecule has 0 saturated heterocycles. The van der Waals surface area contributed by atoms with E-state index in [2.05, 4.69) is 15.5 Å². The molecule has 0 bridgehead atoms. The molecule has 27 heavy (non-hydrogen) atoms. The van der Waals surface area contributed by atoms with E-state index in [-0.39, 0.29) is 11.7 Å². The van der Waals surface area contributed by atoms with Crippen LogP contribution in [0, 0.1) is 5.82 Å². The van der Waals surface area contributed by atoms with Gasteiger partial charge in [0.15, 0.2) is 11.0 Å². The summed E-state index contributed by atoms with van der Waals surface area (Å²) in [4.78, 5) is 12.4. The van der Waals surface area contributed by atoms with Crippen molar-refractivity contribution in [1.29, 1.82) is 0 Å². The molecule has 0 radical (unpaired) electrons. The lowest BCUT2D eigenvalue weighted by molar-refractivity contribution is -0.115. The Hall–Kier alpha value is -2.87. The lowest BCUT2D eigenvalue weighted by Crippen LogP contribution is -2.22. The minimum absolute atomic E-state index is 0.197. The summed E-state index contributed by atoms with van der Waals surface area (Å²) in [5.41, 5.74) is 1.42. The van der Waals surface area contributed by atoms with Crippen LogP contribution in [0.5, 0.6) is 5.75 Å². The fraction of sp³-hybridized carbons (Fsp3) is 0.211. The van der Waals surface area contributed by atoms with Gasteiger partial charge < -0.3 is 14.6 Å². The molecule has 0 aliphatic carbocycles. The van der Waals surface area contributed by atoms with E-state index in [1.54, 1.807) is 14.0 Å². The van der Waals surface area contributed by atoms with E-state index in [9.17, 15) is 9.18 Å². The highest BCUT2D eigenvalue weighted by molar-refractivity contribution is 8.00. The molecule has 3 rings (SSSR count). The van der Waals surface area contributed by atoms with E-state index in [4.69, 9.17) is 4.74 Å². The molecule has 0 spiro atoms. The van der Waals surface area contributed by atoms with Crippen LogP contribution in [0.4, 0.5) is 10.1 Å². The predicted octanol–water partition coefficient (Wildman–Crippen LogP) is 3.75. The number of carbonyl (C=O) groups is 1. The first-order valence-electron chi connectivity index (χ1n) is 8.25. The third-order valence-corrected chi connectivity index (χ3v) is 5.06. The summed E-state index contributed by atoms with van der Waals surface area (Å²) in [5.74, 6) is 0.872. The number of rotatable bonds is 6. The van der Waals surface area contributed by atoms with Gasteiger partial charge in [-0.05, 0) is 43.3 Å². The topological polar surface area (TPSA) is 69.0 Å². The number of thioether (sulfide) groups is 1. The number of hydrogen-bond donors (Lipinski definition) is 1. The number of nitrogens with one attached hydrogen (secondary N) is 1. The van der Waals surface area contributed by atoms with Gasteiger partial charge in [0.05, 0.1) is 12.4 Å². The molecular formula is C19H19FN4O2S.